The molecule has 0 saturated carbocycles. The maximum Gasteiger partial charge on any atom is 0.496 e. The van der Waals surface area contributed by atoms with E-state index >= 15 is 0 Å². The van der Waals surface area contributed by atoms with Crippen molar-refractivity contribution in [3.63, 3.8) is 0 Å². The molecule has 0 radical (unpaired) electrons. The maximum absolute atomic E-state index is 13.5. The van der Waals surface area contributed by atoms with Crippen LogP contribution in [0.2, 0.25) is 0 Å². The number of nitrogens with two attached hydrogens (primary N) is 2. The van der Waals surface area contributed by atoms with Gasteiger partial charge in [-0.1, -0.05) is 40.2 Å². The predicted octanol–water partition coefficient (Wildman–Crippen LogP) is 8.61. The second-order valence-electron chi connectivity index (χ2n) is 14.4. The van der Waals surface area contributed by atoms with Crippen molar-refractivity contribution in [2.75, 3.05) is 11.5 Å². The van der Waals surface area contributed by atoms with Gasteiger partial charge in [-0.3, -0.25) is 0 Å². The first-order chi connectivity index (χ1) is 23.2. The lowest BCUT2D eigenvalue weighted by Crippen LogP contribution is -2.41. The van der Waals surface area contributed by atoms with Crippen LogP contribution in [0.5, 0.6) is 0 Å². The van der Waals surface area contributed by atoms with Gasteiger partial charge in [-0.2, -0.15) is 0 Å². The normalized spacial score (nSPS) is 19.2. The van der Waals surface area contributed by atoms with Crippen LogP contribution in [0, 0.1) is 13.8 Å². The third-order valence-electron chi connectivity index (χ3n) is 9.88. The molecule has 1 aliphatic heterocycles. The van der Waals surface area contributed by atoms with Crippen LogP contribution >= 0.6 is 15.9 Å². The summed E-state index contributed by atoms with van der Waals surface area (Å²) in [4.78, 5) is 8.10. The van der Waals surface area contributed by atoms with Crippen LogP contribution in [0.1, 0.15) is 73.9 Å². The third kappa shape index (κ3) is 8.87. The van der Waals surface area contributed by atoms with Gasteiger partial charge in [0, 0.05) is 53.6 Å². The standard InChI is InChI=1S/C16H16F2N2.C11H17BN2O2.C11H11BrF2/c1-10-6-11-4-5-16(17,18)8-13(11)7-14(10)12-2-3-15(19)20-9-12;1-10(2)11(3,4)16-12(15-10)8-5-6-9(13)14-7-8;1-7-4-8-2-3-11(13,14)6-9(8)5-10(7)12/h2-3,6-7,9H,4-5,8H2,1H3,(H2,19,20);5-7H,1-4H3,(H2,13,14);4-5H,2-3,6H2,1H3. The minimum Gasteiger partial charge on any atom is -0.399 e. The summed E-state index contributed by atoms with van der Waals surface area (Å²) in [5.74, 6) is -4.14. The van der Waals surface area contributed by atoms with Crippen molar-refractivity contribution >= 4 is 40.1 Å². The lowest BCUT2D eigenvalue weighted by atomic mass is 9.80. The van der Waals surface area contributed by atoms with E-state index in [4.69, 9.17) is 20.8 Å². The highest BCUT2D eigenvalue weighted by Gasteiger charge is 2.51. The number of nitrogen functional groups attached to an aromatic ring is 2. The van der Waals surface area contributed by atoms with Crippen LogP contribution in [0.15, 0.2) is 65.4 Å². The summed E-state index contributed by atoms with van der Waals surface area (Å²) in [6, 6.07) is 15.0. The van der Waals surface area contributed by atoms with Crippen LogP contribution in [-0.2, 0) is 35.0 Å². The van der Waals surface area contributed by atoms with Gasteiger partial charge < -0.3 is 20.8 Å². The number of benzene rings is 2. The minimum absolute atomic E-state index is 0.0128. The Morgan fingerprint density at radius 1 is 0.680 bits per heavy atom. The van der Waals surface area contributed by atoms with Crippen LogP contribution in [0.25, 0.3) is 11.1 Å². The largest absolute Gasteiger partial charge is 0.496 e. The Labute approximate surface area is 300 Å². The van der Waals surface area contributed by atoms with Gasteiger partial charge in [-0.15, -0.1) is 0 Å². The van der Waals surface area contributed by atoms with Crippen molar-refractivity contribution in [2.24, 2.45) is 0 Å². The molecule has 6 nitrogen and oxygen atoms in total. The quantitative estimate of drug-likeness (QED) is 0.157. The Hall–Kier alpha value is -3.48. The van der Waals surface area contributed by atoms with E-state index < -0.39 is 11.8 Å². The van der Waals surface area contributed by atoms with Gasteiger partial charge in [-0.05, 0) is 118 Å². The van der Waals surface area contributed by atoms with E-state index in [1.807, 2.05) is 77.9 Å². The Morgan fingerprint density at radius 3 is 1.68 bits per heavy atom. The molecule has 0 bridgehead atoms. The first-order valence-electron chi connectivity index (χ1n) is 16.7. The average Bonchev–Trinajstić information content (AvgIpc) is 3.25. The van der Waals surface area contributed by atoms with Crippen LogP contribution in [0.4, 0.5) is 29.2 Å². The number of hydrogen-bond acceptors (Lipinski definition) is 6. The highest BCUT2D eigenvalue weighted by atomic mass is 79.9. The van der Waals surface area contributed by atoms with E-state index in [9.17, 15) is 17.6 Å². The van der Waals surface area contributed by atoms with Crippen molar-refractivity contribution in [1.29, 1.82) is 0 Å². The molecule has 2 aromatic heterocycles. The van der Waals surface area contributed by atoms with Crippen molar-refractivity contribution < 1.29 is 26.9 Å². The van der Waals surface area contributed by atoms with Gasteiger partial charge in [0.25, 0.3) is 11.8 Å². The molecule has 12 heteroatoms. The molecule has 266 valence electrons. The molecule has 3 aliphatic rings. The summed E-state index contributed by atoms with van der Waals surface area (Å²) in [5.41, 5.74) is 19.1. The van der Waals surface area contributed by atoms with Crippen LogP contribution < -0.4 is 16.9 Å². The maximum atomic E-state index is 13.5. The highest BCUT2D eigenvalue weighted by Crippen LogP contribution is 2.38. The summed E-state index contributed by atoms with van der Waals surface area (Å²) < 4.78 is 66.0. The smallest absolute Gasteiger partial charge is 0.399 e. The lowest BCUT2D eigenvalue weighted by molar-refractivity contribution is -0.0129. The predicted molar refractivity (Wildman–Crippen MR) is 196 cm³/mol. The molecule has 2 aromatic carbocycles. The number of aryl methyl sites for hydroxylation is 4. The highest BCUT2D eigenvalue weighted by molar-refractivity contribution is 9.10. The van der Waals surface area contributed by atoms with Crippen molar-refractivity contribution in [3.05, 3.63) is 98.8 Å². The molecule has 1 saturated heterocycles. The molecule has 4 N–H and O–H groups in total. The Bertz CT molecular complexity index is 1820. The molecule has 0 atom stereocenters. The molecule has 7 rings (SSSR count). The Kier molecular flexibility index (Phi) is 10.8. The fourth-order valence-electron chi connectivity index (χ4n) is 6.17. The van der Waals surface area contributed by atoms with Crippen LogP contribution in [0.3, 0.4) is 0 Å². The molecule has 4 aromatic rings. The lowest BCUT2D eigenvalue weighted by Gasteiger charge is -2.32. The third-order valence-corrected chi connectivity index (χ3v) is 10.7. The molecule has 0 amide bonds. The number of anilines is 2. The van der Waals surface area contributed by atoms with E-state index in [1.54, 1.807) is 24.5 Å². The summed E-state index contributed by atoms with van der Waals surface area (Å²) in [5, 5.41) is 0. The molecule has 3 heterocycles. The van der Waals surface area contributed by atoms with Crippen LogP contribution in [-0.4, -0.2) is 40.1 Å². The van der Waals surface area contributed by atoms with Gasteiger partial charge in [0.1, 0.15) is 11.6 Å². The number of fused-ring (bicyclic) bond motifs is 2. The zero-order valence-electron chi connectivity index (χ0n) is 29.3. The molecule has 0 unspecified atom stereocenters. The average molecular weight is 756 g/mol. The van der Waals surface area contributed by atoms with E-state index in [0.717, 1.165) is 54.4 Å². The molecular weight excluding hydrogens is 711 g/mol. The number of alkyl halides is 4. The van der Waals surface area contributed by atoms with Crippen molar-refractivity contribution in [2.45, 2.75) is 103 Å². The van der Waals surface area contributed by atoms with E-state index in [-0.39, 0.29) is 44.0 Å². The molecule has 50 heavy (non-hydrogen) atoms. The summed E-state index contributed by atoms with van der Waals surface area (Å²) in [6.45, 7) is 12.1. The second kappa shape index (κ2) is 14.3. The van der Waals surface area contributed by atoms with Gasteiger partial charge in [0.05, 0.1) is 11.2 Å². The second-order valence-corrected chi connectivity index (χ2v) is 15.3. The Balaban J connectivity index is 0.000000148. The summed E-state index contributed by atoms with van der Waals surface area (Å²) >= 11 is 3.37. The minimum atomic E-state index is -2.58. The number of rotatable bonds is 2. The monoisotopic (exact) mass is 754 g/mol. The number of halogens is 5. The van der Waals surface area contributed by atoms with E-state index in [1.165, 1.54) is 0 Å². The first kappa shape index (κ1) is 37.8. The number of nitrogens with zero attached hydrogens (tertiary/aromatic N) is 2. The SMILES string of the molecule is CC1(C)OB(c2ccc(N)nc2)OC1(C)C.Cc1cc2c(cc1-c1ccc(N)nc1)CC(F)(F)CC2.Cc1cc2c(cc1Br)CC(F)(F)CC2. The molecular formula is C38H44BBrF4N4O2. The van der Waals surface area contributed by atoms with Gasteiger partial charge in [-0.25, -0.2) is 27.5 Å². The Morgan fingerprint density at radius 2 is 1.18 bits per heavy atom. The molecule has 2 aliphatic carbocycles. The fraction of sp³-hybridized carbons (Fsp3) is 0.421. The molecule has 1 fully saturated rings. The zero-order chi connectivity index (χ0) is 36.6. The van der Waals surface area contributed by atoms with E-state index in [0.29, 0.717) is 24.5 Å². The van der Waals surface area contributed by atoms with Gasteiger partial charge in [0.15, 0.2) is 0 Å². The number of pyridine rings is 2. The first-order valence-corrected chi connectivity index (χ1v) is 17.5. The van der Waals surface area contributed by atoms with Crippen molar-refractivity contribution in [3.8, 4) is 11.1 Å². The van der Waals surface area contributed by atoms with Crippen molar-refractivity contribution in [1.82, 2.24) is 9.97 Å². The van der Waals surface area contributed by atoms with Gasteiger partial charge >= 0.3 is 7.12 Å². The van der Waals surface area contributed by atoms with E-state index in [2.05, 4.69) is 25.9 Å². The number of aromatic nitrogens is 2. The topological polar surface area (TPSA) is 96.3 Å². The fourth-order valence-corrected chi connectivity index (χ4v) is 6.56. The number of hydrogen-bond donors (Lipinski definition) is 2. The summed E-state index contributed by atoms with van der Waals surface area (Å²) in [6.07, 6.45) is 3.98. The molecule has 0 spiro atoms. The van der Waals surface area contributed by atoms with Gasteiger partial charge in [0.2, 0.25) is 0 Å². The zero-order valence-corrected chi connectivity index (χ0v) is 30.9. The summed E-state index contributed by atoms with van der Waals surface area (Å²) in [7, 11) is -0.363.